The van der Waals surface area contributed by atoms with Crippen molar-refractivity contribution in [2.24, 2.45) is 0 Å². The number of aldehydes is 1. The monoisotopic (exact) mass is 237 g/mol. The van der Waals surface area contributed by atoms with Crippen LogP contribution in [0.4, 0.5) is 5.69 Å². The normalized spacial score (nSPS) is 17.6. The molecule has 1 aliphatic heterocycles. The molecule has 0 bridgehead atoms. The topological polar surface area (TPSA) is 20.3 Å². The van der Waals surface area contributed by atoms with Gasteiger partial charge >= 0.3 is 0 Å². The van der Waals surface area contributed by atoms with Crippen LogP contribution in [0.15, 0.2) is 54.6 Å². The van der Waals surface area contributed by atoms with Crippen LogP contribution in [-0.4, -0.2) is 12.8 Å². The van der Waals surface area contributed by atoms with Crippen LogP contribution in [0.2, 0.25) is 0 Å². The van der Waals surface area contributed by atoms with Crippen molar-refractivity contribution in [3.05, 3.63) is 65.7 Å². The van der Waals surface area contributed by atoms with Crippen molar-refractivity contribution < 1.29 is 4.79 Å². The van der Waals surface area contributed by atoms with Gasteiger partial charge in [0.25, 0.3) is 0 Å². The lowest BCUT2D eigenvalue weighted by Gasteiger charge is -2.19. The van der Waals surface area contributed by atoms with Crippen molar-refractivity contribution in [2.75, 3.05) is 11.4 Å². The molecule has 1 heterocycles. The second-order valence-electron chi connectivity index (χ2n) is 4.67. The molecule has 0 spiro atoms. The first-order valence-corrected chi connectivity index (χ1v) is 6.21. The molecule has 0 saturated heterocycles. The molecule has 0 N–H and O–H groups in total. The van der Waals surface area contributed by atoms with Crippen LogP contribution in [0.1, 0.15) is 17.0 Å². The van der Waals surface area contributed by atoms with Gasteiger partial charge in [-0.3, -0.25) is 0 Å². The zero-order valence-corrected chi connectivity index (χ0v) is 10.1. The quantitative estimate of drug-likeness (QED) is 0.765. The summed E-state index contributed by atoms with van der Waals surface area (Å²) < 4.78 is 0. The van der Waals surface area contributed by atoms with Gasteiger partial charge in [-0.1, -0.05) is 48.5 Å². The number of rotatable bonds is 3. The van der Waals surface area contributed by atoms with Crippen molar-refractivity contribution in [1.29, 1.82) is 0 Å². The molecule has 0 aromatic heterocycles. The van der Waals surface area contributed by atoms with Gasteiger partial charge < -0.3 is 9.69 Å². The van der Waals surface area contributed by atoms with E-state index in [1.807, 2.05) is 18.2 Å². The van der Waals surface area contributed by atoms with Gasteiger partial charge in [0.05, 0.1) is 5.92 Å². The van der Waals surface area contributed by atoms with Gasteiger partial charge in [-0.15, -0.1) is 0 Å². The first-order valence-electron chi connectivity index (χ1n) is 6.21. The number of nitrogens with zero attached hydrogens (tertiary/aromatic N) is 1. The molecule has 3 rings (SSSR count). The van der Waals surface area contributed by atoms with Gasteiger partial charge in [0.2, 0.25) is 0 Å². The first-order chi connectivity index (χ1) is 8.88. The van der Waals surface area contributed by atoms with Crippen molar-refractivity contribution >= 4 is 12.0 Å². The molecule has 2 heteroatoms. The van der Waals surface area contributed by atoms with Crippen molar-refractivity contribution in [3.63, 3.8) is 0 Å². The Bertz CT molecular complexity index is 550. The second kappa shape index (κ2) is 4.65. The predicted molar refractivity (Wildman–Crippen MR) is 72.7 cm³/mol. The van der Waals surface area contributed by atoms with E-state index in [0.717, 1.165) is 24.9 Å². The Morgan fingerprint density at radius 3 is 2.56 bits per heavy atom. The van der Waals surface area contributed by atoms with Gasteiger partial charge in [0.1, 0.15) is 6.29 Å². The number of para-hydroxylation sites is 1. The highest BCUT2D eigenvalue weighted by molar-refractivity contribution is 5.74. The molecule has 1 atom stereocenters. The average molecular weight is 237 g/mol. The molecule has 18 heavy (non-hydrogen) atoms. The predicted octanol–water partition coefficient (Wildman–Crippen LogP) is 2.99. The van der Waals surface area contributed by atoms with E-state index in [1.165, 1.54) is 11.3 Å². The van der Waals surface area contributed by atoms with Gasteiger partial charge in [0, 0.05) is 18.8 Å². The van der Waals surface area contributed by atoms with Crippen LogP contribution >= 0.6 is 0 Å². The second-order valence-corrected chi connectivity index (χ2v) is 4.67. The summed E-state index contributed by atoms with van der Waals surface area (Å²) in [6.07, 6.45) is 1.06. The van der Waals surface area contributed by atoms with Crippen molar-refractivity contribution in [1.82, 2.24) is 0 Å². The lowest BCUT2D eigenvalue weighted by atomic mass is 10.0. The van der Waals surface area contributed by atoms with Crippen LogP contribution in [0.25, 0.3) is 0 Å². The van der Waals surface area contributed by atoms with E-state index in [2.05, 4.69) is 41.3 Å². The molecule has 0 aliphatic carbocycles. The summed E-state index contributed by atoms with van der Waals surface area (Å²) in [6.45, 7) is 1.65. The Morgan fingerprint density at radius 1 is 1.06 bits per heavy atom. The third-order valence-electron chi connectivity index (χ3n) is 3.47. The minimum absolute atomic E-state index is 0.0184. The standard InChI is InChI=1S/C16H15NO/c18-12-14-11-17(10-13-6-2-1-3-7-13)16-9-5-4-8-15(14)16/h1-9,12,14H,10-11H2. The molecular formula is C16H15NO. The SMILES string of the molecule is O=CC1CN(Cc2ccccc2)c2ccccc21. The van der Waals surface area contributed by atoms with E-state index in [-0.39, 0.29) is 5.92 Å². The smallest absolute Gasteiger partial charge is 0.129 e. The molecule has 2 aromatic rings. The van der Waals surface area contributed by atoms with Gasteiger partial charge in [-0.05, 0) is 17.2 Å². The van der Waals surface area contributed by atoms with Crippen LogP contribution in [0.3, 0.4) is 0 Å². The Labute approximate surface area is 107 Å². The van der Waals surface area contributed by atoms with E-state index in [1.54, 1.807) is 0 Å². The summed E-state index contributed by atoms with van der Waals surface area (Å²) >= 11 is 0. The summed E-state index contributed by atoms with van der Waals surface area (Å²) in [5.74, 6) is 0.0184. The summed E-state index contributed by atoms with van der Waals surface area (Å²) in [4.78, 5) is 13.4. The van der Waals surface area contributed by atoms with E-state index in [9.17, 15) is 4.79 Å². The fraction of sp³-hybridized carbons (Fsp3) is 0.188. The molecule has 2 aromatic carbocycles. The van der Waals surface area contributed by atoms with Crippen molar-refractivity contribution in [3.8, 4) is 0 Å². The lowest BCUT2D eigenvalue weighted by Crippen LogP contribution is -2.21. The van der Waals surface area contributed by atoms with Crippen LogP contribution < -0.4 is 4.90 Å². The fourth-order valence-electron chi connectivity index (χ4n) is 2.59. The molecule has 0 amide bonds. The number of fused-ring (bicyclic) bond motifs is 1. The maximum atomic E-state index is 11.1. The molecule has 1 aliphatic rings. The molecule has 2 nitrogen and oxygen atoms in total. The third kappa shape index (κ3) is 1.90. The van der Waals surface area contributed by atoms with Gasteiger partial charge in [0.15, 0.2) is 0 Å². The Balaban J connectivity index is 1.89. The van der Waals surface area contributed by atoms with Crippen LogP contribution in [0, 0.1) is 0 Å². The summed E-state index contributed by atoms with van der Waals surface area (Å²) in [5, 5.41) is 0. The Hall–Kier alpha value is -2.09. The molecule has 1 unspecified atom stereocenters. The zero-order chi connectivity index (χ0) is 12.4. The number of benzene rings is 2. The van der Waals surface area contributed by atoms with Crippen molar-refractivity contribution in [2.45, 2.75) is 12.5 Å². The summed E-state index contributed by atoms with van der Waals surface area (Å²) in [5.41, 5.74) is 3.63. The molecule has 90 valence electrons. The summed E-state index contributed by atoms with van der Waals surface area (Å²) in [7, 11) is 0. The Kier molecular flexibility index (Phi) is 2.85. The van der Waals surface area contributed by atoms with E-state index in [0.29, 0.717) is 0 Å². The third-order valence-corrected chi connectivity index (χ3v) is 3.47. The molecule has 0 fully saturated rings. The minimum Gasteiger partial charge on any atom is -0.366 e. The Morgan fingerprint density at radius 2 is 1.78 bits per heavy atom. The van der Waals surface area contributed by atoms with Gasteiger partial charge in [-0.25, -0.2) is 0 Å². The van der Waals surface area contributed by atoms with Gasteiger partial charge in [-0.2, -0.15) is 0 Å². The average Bonchev–Trinajstić information content (AvgIpc) is 2.78. The first kappa shape index (κ1) is 11.0. The number of carbonyl (C=O) groups is 1. The maximum Gasteiger partial charge on any atom is 0.129 e. The van der Waals surface area contributed by atoms with E-state index < -0.39 is 0 Å². The van der Waals surface area contributed by atoms with Crippen LogP contribution in [-0.2, 0) is 11.3 Å². The van der Waals surface area contributed by atoms with E-state index >= 15 is 0 Å². The lowest BCUT2D eigenvalue weighted by molar-refractivity contribution is -0.108. The highest BCUT2D eigenvalue weighted by atomic mass is 16.1. The number of hydrogen-bond donors (Lipinski definition) is 0. The highest BCUT2D eigenvalue weighted by Gasteiger charge is 2.27. The van der Waals surface area contributed by atoms with E-state index in [4.69, 9.17) is 0 Å². The highest BCUT2D eigenvalue weighted by Crippen LogP contribution is 2.35. The number of carbonyl (C=O) groups excluding carboxylic acids is 1. The minimum atomic E-state index is 0.0184. The maximum absolute atomic E-state index is 11.1. The summed E-state index contributed by atoms with van der Waals surface area (Å²) in [6, 6.07) is 18.6. The fourth-order valence-corrected chi connectivity index (χ4v) is 2.59. The van der Waals surface area contributed by atoms with Crippen LogP contribution in [0.5, 0.6) is 0 Å². The number of hydrogen-bond acceptors (Lipinski definition) is 2. The molecule has 0 saturated carbocycles. The zero-order valence-electron chi connectivity index (χ0n) is 10.1. The molecular weight excluding hydrogens is 222 g/mol. The largest absolute Gasteiger partial charge is 0.366 e. The number of anilines is 1. The molecule has 0 radical (unpaired) electrons.